The summed E-state index contributed by atoms with van der Waals surface area (Å²) in [7, 11) is 0. The van der Waals surface area contributed by atoms with Crippen molar-refractivity contribution in [2.24, 2.45) is 0 Å². The summed E-state index contributed by atoms with van der Waals surface area (Å²) in [6.07, 6.45) is 4.26. The fourth-order valence-electron chi connectivity index (χ4n) is 2.83. The second-order valence-electron chi connectivity index (χ2n) is 5.90. The standard InChI is InChI=1S/C16H27N3O3/c1-4-12(5-2)14-9-13(22-19-14)10-17-16(20)18-11(3)15-7-6-8-21-15/h9,11-12,15H,4-8,10H2,1-3H3,(H2,17,18,20)/t11-,15+/m1/s1. The molecule has 0 spiro atoms. The summed E-state index contributed by atoms with van der Waals surface area (Å²) >= 11 is 0. The third kappa shape index (κ3) is 4.47. The number of hydrogen-bond acceptors (Lipinski definition) is 4. The first-order chi connectivity index (χ1) is 10.6. The van der Waals surface area contributed by atoms with E-state index in [1.807, 2.05) is 13.0 Å². The zero-order valence-electron chi connectivity index (χ0n) is 13.7. The highest BCUT2D eigenvalue weighted by atomic mass is 16.5. The molecule has 2 atom stereocenters. The minimum absolute atomic E-state index is 0.0114. The highest BCUT2D eigenvalue weighted by molar-refractivity contribution is 5.74. The predicted octanol–water partition coefficient (Wildman–Crippen LogP) is 2.94. The summed E-state index contributed by atoms with van der Waals surface area (Å²) in [4.78, 5) is 11.9. The molecule has 0 saturated carbocycles. The Morgan fingerprint density at radius 1 is 1.45 bits per heavy atom. The Hall–Kier alpha value is -1.56. The van der Waals surface area contributed by atoms with Crippen molar-refractivity contribution in [2.75, 3.05) is 6.61 Å². The van der Waals surface area contributed by atoms with Crippen molar-refractivity contribution in [1.82, 2.24) is 15.8 Å². The lowest BCUT2D eigenvalue weighted by atomic mass is 9.99. The molecule has 2 rings (SSSR count). The van der Waals surface area contributed by atoms with Gasteiger partial charge in [-0.05, 0) is 32.6 Å². The minimum atomic E-state index is -0.205. The number of hydrogen-bond donors (Lipinski definition) is 2. The first kappa shape index (κ1) is 16.8. The lowest BCUT2D eigenvalue weighted by Crippen LogP contribution is -2.45. The number of carbonyl (C=O) groups excluding carboxylic acids is 1. The van der Waals surface area contributed by atoms with E-state index in [9.17, 15) is 4.79 Å². The Balaban J connectivity index is 1.76. The van der Waals surface area contributed by atoms with Gasteiger partial charge in [0.25, 0.3) is 0 Å². The van der Waals surface area contributed by atoms with Crippen molar-refractivity contribution in [2.45, 2.75) is 71.1 Å². The Kier molecular flexibility index (Phi) is 6.24. The van der Waals surface area contributed by atoms with Crippen molar-refractivity contribution in [3.05, 3.63) is 17.5 Å². The number of rotatable bonds is 7. The van der Waals surface area contributed by atoms with Gasteiger partial charge in [-0.2, -0.15) is 0 Å². The van der Waals surface area contributed by atoms with Gasteiger partial charge < -0.3 is 19.9 Å². The first-order valence-electron chi connectivity index (χ1n) is 8.25. The van der Waals surface area contributed by atoms with Crippen molar-refractivity contribution in [3.63, 3.8) is 0 Å². The van der Waals surface area contributed by atoms with Gasteiger partial charge in [0.1, 0.15) is 0 Å². The molecule has 6 nitrogen and oxygen atoms in total. The van der Waals surface area contributed by atoms with Gasteiger partial charge in [0.05, 0.1) is 24.4 Å². The van der Waals surface area contributed by atoms with Crippen LogP contribution in [0, 0.1) is 0 Å². The topological polar surface area (TPSA) is 76.4 Å². The van der Waals surface area contributed by atoms with Crippen LogP contribution in [0.15, 0.2) is 10.6 Å². The highest BCUT2D eigenvalue weighted by Gasteiger charge is 2.23. The van der Waals surface area contributed by atoms with Crippen LogP contribution in [0.3, 0.4) is 0 Å². The third-order valence-corrected chi connectivity index (χ3v) is 4.29. The van der Waals surface area contributed by atoms with Gasteiger partial charge >= 0.3 is 6.03 Å². The quantitative estimate of drug-likeness (QED) is 0.812. The summed E-state index contributed by atoms with van der Waals surface area (Å²) in [5, 5.41) is 9.80. The van der Waals surface area contributed by atoms with E-state index >= 15 is 0 Å². The van der Waals surface area contributed by atoms with E-state index in [0.717, 1.165) is 38.0 Å². The summed E-state index contributed by atoms with van der Waals surface area (Å²) < 4.78 is 10.8. The van der Waals surface area contributed by atoms with Crippen LogP contribution in [0.5, 0.6) is 0 Å². The van der Waals surface area contributed by atoms with Crippen molar-refractivity contribution in [1.29, 1.82) is 0 Å². The maximum Gasteiger partial charge on any atom is 0.315 e. The molecule has 22 heavy (non-hydrogen) atoms. The lowest BCUT2D eigenvalue weighted by molar-refractivity contribution is 0.0860. The molecule has 1 aliphatic rings. The number of amides is 2. The fourth-order valence-corrected chi connectivity index (χ4v) is 2.83. The highest BCUT2D eigenvalue weighted by Crippen LogP contribution is 2.22. The number of urea groups is 1. The number of nitrogens with one attached hydrogen (secondary N) is 2. The largest absolute Gasteiger partial charge is 0.376 e. The summed E-state index contributed by atoms with van der Waals surface area (Å²) in [5.41, 5.74) is 0.968. The van der Waals surface area contributed by atoms with Crippen molar-refractivity contribution >= 4 is 6.03 Å². The second kappa shape index (κ2) is 8.17. The van der Waals surface area contributed by atoms with Crippen molar-refractivity contribution in [3.8, 4) is 0 Å². The summed E-state index contributed by atoms with van der Waals surface area (Å²) in [5.74, 6) is 1.10. The molecule has 0 aliphatic carbocycles. The van der Waals surface area contributed by atoms with Gasteiger partial charge in [-0.1, -0.05) is 19.0 Å². The van der Waals surface area contributed by atoms with Crippen LogP contribution < -0.4 is 10.6 Å². The molecule has 1 aromatic heterocycles. The normalized spacial score (nSPS) is 19.4. The number of carbonyl (C=O) groups is 1. The molecule has 2 heterocycles. The van der Waals surface area contributed by atoms with Crippen LogP contribution >= 0.6 is 0 Å². The maximum absolute atomic E-state index is 11.9. The Labute approximate surface area is 132 Å². The van der Waals surface area contributed by atoms with E-state index in [0.29, 0.717) is 18.2 Å². The SMILES string of the molecule is CCC(CC)c1cc(CNC(=O)N[C@H](C)[C@@H]2CCCO2)on1. The second-order valence-corrected chi connectivity index (χ2v) is 5.90. The van der Waals surface area contributed by atoms with E-state index in [4.69, 9.17) is 9.26 Å². The predicted molar refractivity (Wildman–Crippen MR) is 83.6 cm³/mol. The fraction of sp³-hybridized carbons (Fsp3) is 0.750. The number of aromatic nitrogens is 1. The monoisotopic (exact) mass is 309 g/mol. The van der Waals surface area contributed by atoms with Gasteiger partial charge in [0, 0.05) is 18.6 Å². The van der Waals surface area contributed by atoms with Gasteiger partial charge in [-0.25, -0.2) is 4.79 Å². The molecule has 6 heteroatoms. The average Bonchev–Trinajstić information content (AvgIpc) is 3.18. The average molecular weight is 309 g/mol. The lowest BCUT2D eigenvalue weighted by Gasteiger charge is -2.19. The molecule has 2 amide bonds. The Morgan fingerprint density at radius 3 is 2.86 bits per heavy atom. The zero-order chi connectivity index (χ0) is 15.9. The molecular weight excluding hydrogens is 282 g/mol. The van der Waals surface area contributed by atoms with Crippen LogP contribution in [0.1, 0.15) is 63.8 Å². The van der Waals surface area contributed by atoms with Crippen LogP contribution in [0.2, 0.25) is 0 Å². The van der Waals surface area contributed by atoms with Gasteiger partial charge in [0.2, 0.25) is 0 Å². The smallest absolute Gasteiger partial charge is 0.315 e. The van der Waals surface area contributed by atoms with E-state index in [2.05, 4.69) is 29.6 Å². The Morgan fingerprint density at radius 2 is 2.23 bits per heavy atom. The first-order valence-corrected chi connectivity index (χ1v) is 8.25. The van der Waals surface area contributed by atoms with Gasteiger partial charge in [-0.15, -0.1) is 0 Å². The van der Waals surface area contributed by atoms with E-state index < -0.39 is 0 Å². The van der Waals surface area contributed by atoms with E-state index in [-0.39, 0.29) is 18.2 Å². The van der Waals surface area contributed by atoms with Gasteiger partial charge in [0.15, 0.2) is 5.76 Å². The molecule has 0 radical (unpaired) electrons. The molecule has 2 N–H and O–H groups in total. The van der Waals surface area contributed by atoms with E-state index in [1.165, 1.54) is 0 Å². The minimum Gasteiger partial charge on any atom is -0.376 e. The third-order valence-electron chi connectivity index (χ3n) is 4.29. The Bertz CT molecular complexity index is 465. The van der Waals surface area contributed by atoms with Crippen LogP contribution in [-0.2, 0) is 11.3 Å². The number of nitrogens with zero attached hydrogens (tertiary/aromatic N) is 1. The molecule has 1 saturated heterocycles. The molecule has 1 aliphatic heterocycles. The molecule has 0 unspecified atom stereocenters. The zero-order valence-corrected chi connectivity index (χ0v) is 13.7. The van der Waals surface area contributed by atoms with Gasteiger partial charge in [-0.3, -0.25) is 0 Å². The molecule has 124 valence electrons. The molecule has 0 aromatic carbocycles. The van der Waals surface area contributed by atoms with E-state index in [1.54, 1.807) is 0 Å². The molecular formula is C16H27N3O3. The van der Waals surface area contributed by atoms with Crippen molar-refractivity contribution < 1.29 is 14.1 Å². The number of ether oxygens (including phenoxy) is 1. The maximum atomic E-state index is 11.9. The summed E-state index contributed by atoms with van der Waals surface area (Å²) in [6, 6.07) is 1.74. The van der Waals surface area contributed by atoms with Crippen LogP contribution in [-0.4, -0.2) is 29.9 Å². The van der Waals surface area contributed by atoms with Crippen LogP contribution in [0.4, 0.5) is 4.79 Å². The molecule has 1 fully saturated rings. The molecule has 0 bridgehead atoms. The molecule has 1 aromatic rings. The van der Waals surface area contributed by atoms with Crippen LogP contribution in [0.25, 0.3) is 0 Å². The summed E-state index contributed by atoms with van der Waals surface area (Å²) in [6.45, 7) is 7.38.